The molecule has 1 aromatic heterocycles. The predicted molar refractivity (Wildman–Crippen MR) is 97.2 cm³/mol. The number of nitriles is 1. The molecule has 6 heteroatoms. The van der Waals surface area contributed by atoms with Gasteiger partial charge in [-0.15, -0.1) is 23.1 Å². The minimum absolute atomic E-state index is 0.171. The second-order valence-electron chi connectivity index (χ2n) is 4.94. The first-order chi connectivity index (χ1) is 11.7. The second kappa shape index (κ2) is 7.77. The van der Waals surface area contributed by atoms with Crippen molar-refractivity contribution in [2.24, 2.45) is 0 Å². The second-order valence-corrected chi connectivity index (χ2v) is 6.70. The molecule has 0 bridgehead atoms. The lowest BCUT2D eigenvalue weighted by Gasteiger charge is -2.06. The van der Waals surface area contributed by atoms with Gasteiger partial charge in [-0.1, -0.05) is 0 Å². The Morgan fingerprint density at radius 2 is 1.92 bits per heavy atom. The van der Waals surface area contributed by atoms with E-state index in [2.05, 4.69) is 10.3 Å². The van der Waals surface area contributed by atoms with Gasteiger partial charge in [0.2, 0.25) is 0 Å². The van der Waals surface area contributed by atoms with Crippen molar-refractivity contribution in [3.05, 3.63) is 76.2 Å². The zero-order valence-corrected chi connectivity index (χ0v) is 14.2. The molecule has 4 nitrogen and oxygen atoms in total. The molecule has 0 saturated carbocycles. The van der Waals surface area contributed by atoms with Crippen molar-refractivity contribution in [1.82, 2.24) is 4.98 Å². The standard InChI is InChI=1S/C18H13N3OS2/c19-9-13-1-5-15(6-2-13)21-18(22)14-3-7-17(8-4-14)24-11-16-10-23-12-20-16/h1-8,10,12H,11H2,(H,21,22). The van der Waals surface area contributed by atoms with Crippen molar-refractivity contribution in [2.45, 2.75) is 10.6 Å². The third kappa shape index (κ3) is 4.22. The maximum absolute atomic E-state index is 12.2. The van der Waals surface area contributed by atoms with Crippen LogP contribution < -0.4 is 5.32 Å². The van der Waals surface area contributed by atoms with E-state index in [1.54, 1.807) is 47.4 Å². The molecule has 3 aromatic rings. The maximum Gasteiger partial charge on any atom is 0.255 e. The van der Waals surface area contributed by atoms with Crippen molar-refractivity contribution in [3.8, 4) is 6.07 Å². The average molecular weight is 351 g/mol. The zero-order chi connectivity index (χ0) is 16.8. The zero-order valence-electron chi connectivity index (χ0n) is 12.6. The van der Waals surface area contributed by atoms with Gasteiger partial charge in [0.15, 0.2) is 0 Å². The molecular weight excluding hydrogens is 338 g/mol. The molecular formula is C18H13N3OS2. The van der Waals surface area contributed by atoms with Crippen LogP contribution in [-0.2, 0) is 5.75 Å². The molecule has 1 N–H and O–H groups in total. The molecule has 0 aliphatic heterocycles. The van der Waals surface area contributed by atoms with Crippen LogP contribution in [0, 0.1) is 11.3 Å². The highest BCUT2D eigenvalue weighted by Crippen LogP contribution is 2.23. The van der Waals surface area contributed by atoms with Crippen LogP contribution in [0.4, 0.5) is 5.69 Å². The molecule has 1 heterocycles. The number of benzene rings is 2. The monoisotopic (exact) mass is 351 g/mol. The summed E-state index contributed by atoms with van der Waals surface area (Å²) in [6.45, 7) is 0. The van der Waals surface area contributed by atoms with Crippen LogP contribution in [0.2, 0.25) is 0 Å². The van der Waals surface area contributed by atoms with Crippen molar-refractivity contribution in [2.75, 3.05) is 5.32 Å². The predicted octanol–water partition coefficient (Wildman–Crippen LogP) is 4.56. The number of rotatable bonds is 5. The minimum Gasteiger partial charge on any atom is -0.322 e. The smallest absolute Gasteiger partial charge is 0.255 e. The fourth-order valence-electron chi connectivity index (χ4n) is 2.00. The molecule has 0 saturated heterocycles. The molecule has 0 fully saturated rings. The Balaban J connectivity index is 1.59. The van der Waals surface area contributed by atoms with E-state index in [0.29, 0.717) is 16.8 Å². The van der Waals surface area contributed by atoms with E-state index in [4.69, 9.17) is 5.26 Å². The highest BCUT2D eigenvalue weighted by atomic mass is 32.2. The van der Waals surface area contributed by atoms with E-state index in [1.807, 2.05) is 41.2 Å². The number of aromatic nitrogens is 1. The Morgan fingerprint density at radius 1 is 1.17 bits per heavy atom. The van der Waals surface area contributed by atoms with E-state index in [0.717, 1.165) is 16.3 Å². The van der Waals surface area contributed by atoms with Gasteiger partial charge in [-0.3, -0.25) is 4.79 Å². The Morgan fingerprint density at radius 3 is 2.54 bits per heavy atom. The number of hydrogen-bond acceptors (Lipinski definition) is 5. The largest absolute Gasteiger partial charge is 0.322 e. The SMILES string of the molecule is N#Cc1ccc(NC(=O)c2ccc(SCc3cscn3)cc2)cc1. The first kappa shape index (κ1) is 16.2. The summed E-state index contributed by atoms with van der Waals surface area (Å²) in [6.07, 6.45) is 0. The lowest BCUT2D eigenvalue weighted by Crippen LogP contribution is -2.11. The molecule has 0 spiro atoms. The van der Waals surface area contributed by atoms with Crippen molar-refractivity contribution in [3.63, 3.8) is 0 Å². The van der Waals surface area contributed by atoms with E-state index in [-0.39, 0.29) is 5.91 Å². The number of carbonyl (C=O) groups is 1. The Kier molecular flexibility index (Phi) is 5.26. The molecule has 0 aliphatic rings. The number of carbonyl (C=O) groups excluding carboxylic acids is 1. The van der Waals surface area contributed by atoms with Crippen molar-refractivity contribution < 1.29 is 4.79 Å². The molecule has 2 aromatic carbocycles. The van der Waals surface area contributed by atoms with Gasteiger partial charge in [0.1, 0.15) is 0 Å². The molecule has 0 radical (unpaired) electrons. The van der Waals surface area contributed by atoms with Gasteiger partial charge in [0, 0.05) is 27.3 Å². The molecule has 0 unspecified atom stereocenters. The molecule has 3 rings (SSSR count). The maximum atomic E-state index is 12.2. The van der Waals surface area contributed by atoms with Gasteiger partial charge < -0.3 is 5.32 Å². The van der Waals surface area contributed by atoms with Crippen LogP contribution in [-0.4, -0.2) is 10.9 Å². The summed E-state index contributed by atoms with van der Waals surface area (Å²) in [5.74, 6) is 0.649. The number of hydrogen-bond donors (Lipinski definition) is 1. The van der Waals surface area contributed by atoms with Gasteiger partial charge in [-0.25, -0.2) is 4.98 Å². The van der Waals surface area contributed by atoms with Crippen LogP contribution in [0.3, 0.4) is 0 Å². The quantitative estimate of drug-likeness (QED) is 0.684. The van der Waals surface area contributed by atoms with Gasteiger partial charge >= 0.3 is 0 Å². The van der Waals surface area contributed by atoms with E-state index < -0.39 is 0 Å². The molecule has 0 aliphatic carbocycles. The fraction of sp³-hybridized carbons (Fsp3) is 0.0556. The highest BCUT2D eigenvalue weighted by Gasteiger charge is 2.06. The van der Waals surface area contributed by atoms with Crippen LogP contribution in [0.25, 0.3) is 0 Å². The average Bonchev–Trinajstić information content (AvgIpc) is 3.14. The third-order valence-corrected chi connectivity index (χ3v) is 4.94. The topological polar surface area (TPSA) is 65.8 Å². The molecule has 24 heavy (non-hydrogen) atoms. The third-order valence-electron chi connectivity index (χ3n) is 3.26. The number of anilines is 1. The number of amides is 1. The number of nitrogens with zero attached hydrogens (tertiary/aromatic N) is 2. The lowest BCUT2D eigenvalue weighted by molar-refractivity contribution is 0.102. The normalized spacial score (nSPS) is 10.1. The van der Waals surface area contributed by atoms with Gasteiger partial charge in [0.05, 0.1) is 22.8 Å². The Hall–Kier alpha value is -2.62. The minimum atomic E-state index is -0.171. The van der Waals surface area contributed by atoms with Crippen molar-refractivity contribution in [1.29, 1.82) is 5.26 Å². The van der Waals surface area contributed by atoms with Gasteiger partial charge in [0.25, 0.3) is 5.91 Å². The summed E-state index contributed by atoms with van der Waals surface area (Å²) in [6, 6.07) is 16.3. The molecule has 0 atom stereocenters. The summed E-state index contributed by atoms with van der Waals surface area (Å²) >= 11 is 3.28. The van der Waals surface area contributed by atoms with E-state index >= 15 is 0 Å². The lowest BCUT2D eigenvalue weighted by atomic mass is 10.2. The van der Waals surface area contributed by atoms with E-state index in [1.165, 1.54) is 0 Å². The fourth-order valence-corrected chi connectivity index (χ4v) is 3.46. The van der Waals surface area contributed by atoms with Crippen LogP contribution in [0.1, 0.15) is 21.6 Å². The molecule has 118 valence electrons. The first-order valence-electron chi connectivity index (χ1n) is 7.16. The summed E-state index contributed by atoms with van der Waals surface area (Å²) in [7, 11) is 0. The van der Waals surface area contributed by atoms with Gasteiger partial charge in [-0.05, 0) is 48.5 Å². The van der Waals surface area contributed by atoms with Crippen LogP contribution in [0.15, 0.2) is 64.3 Å². The van der Waals surface area contributed by atoms with E-state index in [9.17, 15) is 4.79 Å². The summed E-state index contributed by atoms with van der Waals surface area (Å²) in [5.41, 5.74) is 4.72. The summed E-state index contributed by atoms with van der Waals surface area (Å²) in [4.78, 5) is 17.6. The highest BCUT2D eigenvalue weighted by molar-refractivity contribution is 7.98. The Bertz CT molecular complexity index is 851. The van der Waals surface area contributed by atoms with Crippen molar-refractivity contribution >= 4 is 34.7 Å². The number of nitrogens with one attached hydrogen (secondary N) is 1. The van der Waals surface area contributed by atoms with Crippen LogP contribution in [0.5, 0.6) is 0 Å². The Labute approximate surface area is 148 Å². The summed E-state index contributed by atoms with van der Waals surface area (Å²) in [5, 5.41) is 13.6. The van der Waals surface area contributed by atoms with Crippen LogP contribution >= 0.6 is 23.1 Å². The van der Waals surface area contributed by atoms with Gasteiger partial charge in [-0.2, -0.15) is 5.26 Å². The first-order valence-corrected chi connectivity index (χ1v) is 9.09. The summed E-state index contributed by atoms with van der Waals surface area (Å²) < 4.78 is 0. The number of thioether (sulfide) groups is 1. The molecule has 1 amide bonds. The number of thiazole rings is 1.